The summed E-state index contributed by atoms with van der Waals surface area (Å²) in [5, 5.41) is 82.7. The second-order valence-corrected chi connectivity index (χ2v) is 10.8. The third-order valence-electron chi connectivity index (χ3n) is 7.92. The van der Waals surface area contributed by atoms with Gasteiger partial charge in [-0.1, -0.05) is 6.92 Å². The molecule has 5 rings (SSSR count). The molecule has 2 aromatic carbocycles. The summed E-state index contributed by atoms with van der Waals surface area (Å²) in [7, 11) is 1.38. The van der Waals surface area contributed by atoms with E-state index in [-0.39, 0.29) is 40.4 Å². The van der Waals surface area contributed by atoms with Gasteiger partial charge in [0.15, 0.2) is 16.9 Å². The van der Waals surface area contributed by atoms with Crippen LogP contribution in [-0.4, -0.2) is 110 Å². The van der Waals surface area contributed by atoms with E-state index in [0.717, 1.165) is 12.1 Å². The Kier molecular flexibility index (Phi) is 8.83. The molecule has 1 saturated heterocycles. The van der Waals surface area contributed by atoms with Crippen LogP contribution in [0.2, 0.25) is 0 Å². The first-order chi connectivity index (χ1) is 20.4. The van der Waals surface area contributed by atoms with Gasteiger partial charge < -0.3 is 64.2 Å². The summed E-state index contributed by atoms with van der Waals surface area (Å²) in [6.45, 7) is 0.941. The van der Waals surface area contributed by atoms with Crippen LogP contribution in [0.3, 0.4) is 0 Å². The molecule has 3 aromatic rings. The molecule has 14 heteroatoms. The minimum Gasteiger partial charge on any atom is -0.507 e. The lowest BCUT2D eigenvalue weighted by molar-refractivity contribution is -0.307. The molecule has 0 bridgehead atoms. The van der Waals surface area contributed by atoms with Crippen molar-refractivity contribution in [2.24, 2.45) is 5.92 Å². The molecule has 0 amide bonds. The fourth-order valence-electron chi connectivity index (χ4n) is 5.47. The highest BCUT2D eigenvalue weighted by Crippen LogP contribution is 2.37. The smallest absolute Gasteiger partial charge is 0.229 e. The maximum atomic E-state index is 12.9. The van der Waals surface area contributed by atoms with Crippen LogP contribution in [0.25, 0.3) is 22.3 Å². The predicted octanol–water partition coefficient (Wildman–Crippen LogP) is -0.426. The number of aliphatic hydroxyl groups excluding tert-OH is 6. The molecule has 1 aliphatic carbocycles. The molecule has 2 fully saturated rings. The fourth-order valence-corrected chi connectivity index (χ4v) is 5.47. The summed E-state index contributed by atoms with van der Waals surface area (Å²) < 4.78 is 28.4. The molecule has 8 N–H and O–H groups in total. The molecule has 14 nitrogen and oxygen atoms in total. The van der Waals surface area contributed by atoms with E-state index in [4.69, 9.17) is 23.4 Å². The Labute approximate surface area is 244 Å². The monoisotopic (exact) mass is 606 g/mol. The molecule has 1 aromatic heterocycles. The molecule has 2 aliphatic rings. The molecule has 1 saturated carbocycles. The van der Waals surface area contributed by atoms with Crippen LogP contribution in [0.4, 0.5) is 0 Å². The van der Waals surface area contributed by atoms with Gasteiger partial charge in [-0.3, -0.25) is 4.79 Å². The highest BCUT2D eigenvalue weighted by molar-refractivity contribution is 5.86. The largest absolute Gasteiger partial charge is 0.507 e. The standard InChI is InChI=1S/C29H34O14/c1-11-5-20(24(35)26(37)23(11)34)42-28-27(38)25(36)21(10-30)43-29(28)40-13-7-15(32)22-16(33)9-18(41-19(22)8-13)12-3-4-17(39-2)14(31)6-12/h3-4,6-9,11,20-21,23-32,34-38H,5,10H2,1-2H3/t11-,20-,21-,23+,24+,25-,26-,27+,28-,29-/m1/s1. The summed E-state index contributed by atoms with van der Waals surface area (Å²) in [5.41, 5.74) is -0.359. The van der Waals surface area contributed by atoms with Crippen LogP contribution in [0.15, 0.2) is 45.6 Å². The average molecular weight is 607 g/mol. The van der Waals surface area contributed by atoms with Crippen LogP contribution in [0.5, 0.6) is 23.0 Å². The number of aliphatic hydroxyl groups is 6. The number of methoxy groups -OCH3 is 1. The van der Waals surface area contributed by atoms with Crippen molar-refractivity contribution >= 4 is 11.0 Å². The molecule has 234 valence electrons. The van der Waals surface area contributed by atoms with E-state index in [9.17, 15) is 45.6 Å². The summed E-state index contributed by atoms with van der Waals surface area (Å²) >= 11 is 0. The lowest BCUT2D eigenvalue weighted by atomic mass is 9.81. The van der Waals surface area contributed by atoms with Crippen LogP contribution in [0, 0.1) is 5.92 Å². The number of rotatable bonds is 7. The SMILES string of the molecule is COc1ccc(-c2cc(=O)c3c(O)cc(O[C@@H]4O[C@H](CO)[C@@H](O)[C@H](O)[C@H]4O[C@@H]4C[C@@H](C)[C@H](O)[C@@H](O)[C@H]4O)cc3o2)cc1O. The second-order valence-electron chi connectivity index (χ2n) is 10.8. The lowest BCUT2D eigenvalue weighted by Gasteiger charge is -2.45. The van der Waals surface area contributed by atoms with Gasteiger partial charge in [-0.15, -0.1) is 0 Å². The summed E-state index contributed by atoms with van der Waals surface area (Å²) in [6.07, 6.45) is -12.9. The van der Waals surface area contributed by atoms with E-state index in [0.29, 0.717) is 5.56 Å². The van der Waals surface area contributed by atoms with Crippen molar-refractivity contribution in [1.82, 2.24) is 0 Å². The minimum absolute atomic E-state index is 0.0576. The number of phenols is 2. The van der Waals surface area contributed by atoms with Gasteiger partial charge in [0.1, 0.15) is 64.9 Å². The van der Waals surface area contributed by atoms with Crippen molar-refractivity contribution in [1.29, 1.82) is 0 Å². The lowest BCUT2D eigenvalue weighted by Crippen LogP contribution is -2.63. The summed E-state index contributed by atoms with van der Waals surface area (Å²) in [5.74, 6) is -1.04. The van der Waals surface area contributed by atoms with Gasteiger partial charge in [-0.05, 0) is 30.5 Å². The predicted molar refractivity (Wildman–Crippen MR) is 147 cm³/mol. The first-order valence-corrected chi connectivity index (χ1v) is 13.6. The van der Waals surface area contributed by atoms with E-state index < -0.39 is 78.8 Å². The van der Waals surface area contributed by atoms with E-state index >= 15 is 0 Å². The van der Waals surface area contributed by atoms with E-state index in [1.54, 1.807) is 13.0 Å². The maximum Gasteiger partial charge on any atom is 0.229 e. The Balaban J connectivity index is 1.48. The average Bonchev–Trinajstić information content (AvgIpc) is 2.97. The van der Waals surface area contributed by atoms with Crippen molar-refractivity contribution in [2.45, 2.75) is 68.5 Å². The van der Waals surface area contributed by atoms with Gasteiger partial charge in [0.2, 0.25) is 6.29 Å². The molecule has 2 heterocycles. The number of ether oxygens (including phenoxy) is 4. The van der Waals surface area contributed by atoms with Crippen LogP contribution in [-0.2, 0) is 9.47 Å². The second kappa shape index (κ2) is 12.3. The molecule has 1 aliphatic heterocycles. The molecule has 10 atom stereocenters. The highest BCUT2D eigenvalue weighted by atomic mass is 16.7. The molecule has 0 unspecified atom stereocenters. The topological polar surface area (TPSA) is 229 Å². The summed E-state index contributed by atoms with van der Waals surface area (Å²) in [6, 6.07) is 7.88. The zero-order valence-electron chi connectivity index (χ0n) is 23.2. The Morgan fingerprint density at radius 2 is 1.65 bits per heavy atom. The summed E-state index contributed by atoms with van der Waals surface area (Å²) in [4.78, 5) is 12.9. The first kappa shape index (κ1) is 31.0. The van der Waals surface area contributed by atoms with Crippen molar-refractivity contribution in [3.8, 4) is 34.3 Å². The third-order valence-corrected chi connectivity index (χ3v) is 7.92. The van der Waals surface area contributed by atoms with Gasteiger partial charge in [0.25, 0.3) is 0 Å². The van der Waals surface area contributed by atoms with E-state index in [1.165, 1.54) is 25.3 Å². The zero-order valence-corrected chi connectivity index (χ0v) is 23.2. The number of phenolic OH excluding ortho intramolecular Hbond substituents is 2. The number of fused-ring (bicyclic) bond motifs is 1. The van der Waals surface area contributed by atoms with Gasteiger partial charge >= 0.3 is 0 Å². The highest BCUT2D eigenvalue weighted by Gasteiger charge is 2.50. The fraction of sp³-hybridized carbons (Fsp3) is 0.483. The van der Waals surface area contributed by atoms with Gasteiger partial charge in [-0.25, -0.2) is 0 Å². The molecular weight excluding hydrogens is 572 g/mol. The van der Waals surface area contributed by atoms with E-state index in [1.807, 2.05) is 0 Å². The van der Waals surface area contributed by atoms with Crippen LogP contribution >= 0.6 is 0 Å². The Morgan fingerprint density at radius 1 is 0.907 bits per heavy atom. The number of hydrogen-bond donors (Lipinski definition) is 8. The van der Waals surface area contributed by atoms with Gasteiger partial charge in [-0.2, -0.15) is 0 Å². The van der Waals surface area contributed by atoms with Gasteiger partial charge in [0, 0.05) is 23.8 Å². The number of benzene rings is 2. The first-order valence-electron chi connectivity index (χ1n) is 13.6. The molecule has 0 radical (unpaired) electrons. The Hall–Kier alpha value is -3.47. The minimum atomic E-state index is -1.69. The van der Waals surface area contributed by atoms with Crippen molar-refractivity contribution in [3.63, 3.8) is 0 Å². The number of aromatic hydroxyl groups is 2. The van der Waals surface area contributed by atoms with E-state index in [2.05, 4.69) is 0 Å². The molecule has 43 heavy (non-hydrogen) atoms. The van der Waals surface area contributed by atoms with Crippen molar-refractivity contribution in [2.75, 3.05) is 13.7 Å². The number of hydrogen-bond acceptors (Lipinski definition) is 14. The van der Waals surface area contributed by atoms with Crippen molar-refractivity contribution in [3.05, 3.63) is 46.6 Å². The Morgan fingerprint density at radius 3 is 2.33 bits per heavy atom. The molecule has 0 spiro atoms. The van der Waals surface area contributed by atoms with Crippen LogP contribution < -0.4 is 14.9 Å². The van der Waals surface area contributed by atoms with Gasteiger partial charge in [0.05, 0.1) is 25.9 Å². The normalized spacial score (nSPS) is 32.9. The quantitative estimate of drug-likeness (QED) is 0.171. The van der Waals surface area contributed by atoms with Crippen LogP contribution in [0.1, 0.15) is 13.3 Å². The maximum absolute atomic E-state index is 12.9. The molecular formula is C29H34O14. The third kappa shape index (κ3) is 5.88. The zero-order chi connectivity index (χ0) is 31.2. The Bertz CT molecular complexity index is 1510. The van der Waals surface area contributed by atoms with Crippen molar-refractivity contribution < 1.29 is 64.2 Å².